The summed E-state index contributed by atoms with van der Waals surface area (Å²) in [5, 5.41) is 3.70. The zero-order valence-electron chi connectivity index (χ0n) is 19.9. The molecule has 0 unspecified atom stereocenters. The molecule has 0 fully saturated rings. The number of nitrogens with one attached hydrogen (secondary N) is 1. The molecule has 1 atom stereocenters. The van der Waals surface area contributed by atoms with Crippen molar-refractivity contribution in [2.24, 2.45) is 5.92 Å². The average molecular weight is 477 g/mol. The second-order valence-corrected chi connectivity index (χ2v) is 9.36. The molecule has 1 N–H and O–H groups in total. The van der Waals surface area contributed by atoms with Gasteiger partial charge in [-0.1, -0.05) is 98.2 Å². The van der Waals surface area contributed by atoms with Crippen molar-refractivity contribution in [3.05, 3.63) is 107 Å². The van der Waals surface area contributed by atoms with Gasteiger partial charge in [-0.2, -0.15) is 0 Å². The number of hydrogen-bond acceptors (Lipinski definition) is 2. The number of carbonyl (C=O) groups is 2. The minimum atomic E-state index is -0.715. The van der Waals surface area contributed by atoms with Gasteiger partial charge in [0.15, 0.2) is 0 Å². The Balaban J connectivity index is 1.89. The van der Waals surface area contributed by atoms with Crippen LogP contribution in [-0.4, -0.2) is 23.3 Å². The van der Waals surface area contributed by atoms with E-state index in [9.17, 15) is 9.59 Å². The van der Waals surface area contributed by atoms with Gasteiger partial charge in [0, 0.05) is 24.5 Å². The third-order valence-corrected chi connectivity index (χ3v) is 6.01. The van der Waals surface area contributed by atoms with Crippen molar-refractivity contribution in [3.63, 3.8) is 0 Å². The Labute approximate surface area is 207 Å². The van der Waals surface area contributed by atoms with Crippen molar-refractivity contribution in [1.82, 2.24) is 10.2 Å². The summed E-state index contributed by atoms with van der Waals surface area (Å²) < 4.78 is 0. The molecule has 0 radical (unpaired) electrons. The smallest absolute Gasteiger partial charge is 0.247 e. The molecule has 3 aromatic carbocycles. The molecule has 0 heterocycles. The second kappa shape index (κ2) is 13.0. The molecule has 0 saturated carbocycles. The predicted molar refractivity (Wildman–Crippen MR) is 138 cm³/mol. The summed E-state index contributed by atoms with van der Waals surface area (Å²) in [6, 6.07) is 26.2. The van der Waals surface area contributed by atoms with Crippen LogP contribution in [0.5, 0.6) is 0 Å². The van der Waals surface area contributed by atoms with E-state index in [2.05, 4.69) is 19.2 Å². The van der Waals surface area contributed by atoms with Crippen LogP contribution in [0.4, 0.5) is 0 Å². The van der Waals surface area contributed by atoms with E-state index >= 15 is 0 Å². The molecule has 0 spiro atoms. The Kier molecular flexibility index (Phi) is 9.72. The van der Waals surface area contributed by atoms with E-state index in [1.165, 1.54) is 0 Å². The van der Waals surface area contributed by atoms with Crippen LogP contribution in [0.2, 0.25) is 5.02 Å². The molecular formula is C29H33ClN2O2. The summed E-state index contributed by atoms with van der Waals surface area (Å²) in [7, 11) is 0. The highest BCUT2D eigenvalue weighted by Crippen LogP contribution is 2.25. The molecule has 34 heavy (non-hydrogen) atoms. The molecule has 0 aliphatic carbocycles. The SMILES string of the molecule is CC(C)CCNC(=O)[C@H](c1ccccc1)N(Cc1ccc(Cl)cc1)C(=O)CCc1ccccc1. The van der Waals surface area contributed by atoms with Crippen LogP contribution >= 0.6 is 11.6 Å². The fraction of sp³-hybridized carbons (Fsp3) is 0.310. The van der Waals surface area contributed by atoms with Crippen LogP contribution in [-0.2, 0) is 22.6 Å². The molecule has 178 valence electrons. The third-order valence-electron chi connectivity index (χ3n) is 5.75. The average Bonchev–Trinajstić information content (AvgIpc) is 2.84. The van der Waals surface area contributed by atoms with Gasteiger partial charge in [0.2, 0.25) is 11.8 Å². The van der Waals surface area contributed by atoms with Gasteiger partial charge in [0.25, 0.3) is 0 Å². The van der Waals surface area contributed by atoms with E-state index in [0.717, 1.165) is 23.1 Å². The number of amides is 2. The molecule has 0 saturated heterocycles. The molecule has 3 rings (SSSR count). The first-order valence-corrected chi connectivity index (χ1v) is 12.2. The highest BCUT2D eigenvalue weighted by molar-refractivity contribution is 6.30. The number of benzene rings is 3. The summed E-state index contributed by atoms with van der Waals surface area (Å²) >= 11 is 6.08. The first kappa shape index (κ1) is 25.5. The van der Waals surface area contributed by atoms with E-state index < -0.39 is 6.04 Å². The highest BCUT2D eigenvalue weighted by atomic mass is 35.5. The molecule has 0 aromatic heterocycles. The Hall–Kier alpha value is -3.11. The van der Waals surface area contributed by atoms with Crippen molar-refractivity contribution in [1.29, 1.82) is 0 Å². The largest absolute Gasteiger partial charge is 0.354 e. The number of aryl methyl sites for hydroxylation is 1. The molecular weight excluding hydrogens is 444 g/mol. The second-order valence-electron chi connectivity index (χ2n) is 8.92. The van der Waals surface area contributed by atoms with Crippen molar-refractivity contribution in [2.75, 3.05) is 6.54 Å². The molecule has 0 aliphatic rings. The summed E-state index contributed by atoms with van der Waals surface area (Å²) in [6.07, 6.45) is 1.82. The lowest BCUT2D eigenvalue weighted by Gasteiger charge is -2.32. The van der Waals surface area contributed by atoms with Gasteiger partial charge >= 0.3 is 0 Å². The van der Waals surface area contributed by atoms with Crippen LogP contribution < -0.4 is 5.32 Å². The van der Waals surface area contributed by atoms with Crippen LogP contribution in [0.25, 0.3) is 0 Å². The van der Waals surface area contributed by atoms with Crippen molar-refractivity contribution < 1.29 is 9.59 Å². The van der Waals surface area contributed by atoms with Crippen LogP contribution in [0.3, 0.4) is 0 Å². The maximum atomic E-state index is 13.6. The minimum Gasteiger partial charge on any atom is -0.354 e. The van der Waals surface area contributed by atoms with Gasteiger partial charge in [-0.25, -0.2) is 0 Å². The van der Waals surface area contributed by atoms with E-state index in [4.69, 9.17) is 11.6 Å². The Bertz CT molecular complexity index is 1040. The van der Waals surface area contributed by atoms with E-state index in [1.807, 2.05) is 84.9 Å². The van der Waals surface area contributed by atoms with Gasteiger partial charge in [0.05, 0.1) is 0 Å². The number of hydrogen-bond donors (Lipinski definition) is 1. The molecule has 5 heteroatoms. The highest BCUT2D eigenvalue weighted by Gasteiger charge is 2.31. The first-order valence-electron chi connectivity index (χ1n) is 11.8. The summed E-state index contributed by atoms with van der Waals surface area (Å²) in [6.45, 7) is 5.15. The van der Waals surface area contributed by atoms with E-state index in [-0.39, 0.29) is 11.8 Å². The third kappa shape index (κ3) is 7.74. The standard InChI is InChI=1S/C29H33ClN2O2/c1-22(2)19-20-31-29(34)28(25-11-7-4-8-12-25)32(21-24-13-16-26(30)17-14-24)27(33)18-15-23-9-5-3-6-10-23/h3-14,16-17,22,28H,15,18-21H2,1-2H3,(H,31,34)/t28-/m0/s1. The summed E-state index contributed by atoms with van der Waals surface area (Å²) in [4.78, 5) is 28.8. The zero-order valence-corrected chi connectivity index (χ0v) is 20.7. The van der Waals surface area contributed by atoms with Crippen molar-refractivity contribution in [2.45, 2.75) is 45.7 Å². The quantitative estimate of drug-likeness (QED) is 0.358. The summed E-state index contributed by atoms with van der Waals surface area (Å²) in [5.41, 5.74) is 2.82. The fourth-order valence-corrected chi connectivity index (χ4v) is 3.96. The molecule has 2 amide bonds. The fourth-order valence-electron chi connectivity index (χ4n) is 3.84. The van der Waals surface area contributed by atoms with Gasteiger partial charge in [0.1, 0.15) is 6.04 Å². The Morgan fingerprint density at radius 3 is 2.09 bits per heavy atom. The molecule has 4 nitrogen and oxygen atoms in total. The normalized spacial score (nSPS) is 11.8. The monoisotopic (exact) mass is 476 g/mol. The number of carbonyl (C=O) groups excluding carboxylic acids is 2. The summed E-state index contributed by atoms with van der Waals surface area (Å²) in [5.74, 6) is 0.258. The Morgan fingerprint density at radius 1 is 0.853 bits per heavy atom. The minimum absolute atomic E-state index is 0.0633. The lowest BCUT2D eigenvalue weighted by Crippen LogP contribution is -2.43. The van der Waals surface area contributed by atoms with Gasteiger partial charge in [-0.15, -0.1) is 0 Å². The zero-order chi connectivity index (χ0) is 24.3. The van der Waals surface area contributed by atoms with Crippen LogP contribution in [0, 0.1) is 5.92 Å². The van der Waals surface area contributed by atoms with Crippen molar-refractivity contribution >= 4 is 23.4 Å². The maximum Gasteiger partial charge on any atom is 0.247 e. The number of rotatable bonds is 11. The maximum absolute atomic E-state index is 13.6. The van der Waals surface area contributed by atoms with Crippen LogP contribution in [0.15, 0.2) is 84.9 Å². The molecule has 0 aliphatic heterocycles. The van der Waals surface area contributed by atoms with Crippen LogP contribution in [0.1, 0.15) is 49.4 Å². The topological polar surface area (TPSA) is 49.4 Å². The first-order chi connectivity index (χ1) is 16.4. The molecule has 0 bridgehead atoms. The number of halogens is 1. The molecule has 3 aromatic rings. The number of nitrogens with zero attached hydrogens (tertiary/aromatic N) is 1. The lowest BCUT2D eigenvalue weighted by atomic mass is 10.0. The predicted octanol–water partition coefficient (Wildman–Crippen LogP) is 6.21. The lowest BCUT2D eigenvalue weighted by molar-refractivity contribution is -0.141. The van der Waals surface area contributed by atoms with Crippen molar-refractivity contribution in [3.8, 4) is 0 Å². The van der Waals surface area contributed by atoms with Gasteiger partial charge in [-0.05, 0) is 47.6 Å². The Morgan fingerprint density at radius 2 is 1.47 bits per heavy atom. The van der Waals surface area contributed by atoms with Gasteiger partial charge in [-0.3, -0.25) is 9.59 Å². The van der Waals surface area contributed by atoms with E-state index in [0.29, 0.717) is 36.9 Å². The van der Waals surface area contributed by atoms with E-state index in [1.54, 1.807) is 4.90 Å². The van der Waals surface area contributed by atoms with Gasteiger partial charge < -0.3 is 10.2 Å².